The SMILES string of the molecule is COc1ccc([PH+](C2CCCC2)C2CCCC2)cc1.F[B-](F)(F)F. The van der Waals surface area contributed by atoms with Gasteiger partial charge in [-0.25, -0.2) is 0 Å². The van der Waals surface area contributed by atoms with Gasteiger partial charge in [0.15, 0.2) is 0 Å². The normalized spacial score (nSPS) is 19.4. The fourth-order valence-corrected chi connectivity index (χ4v) is 8.28. The number of methoxy groups -OCH3 is 1. The van der Waals surface area contributed by atoms with Gasteiger partial charge in [-0.3, -0.25) is 0 Å². The first-order chi connectivity index (χ1) is 11.4. The first-order valence-corrected chi connectivity index (χ1v) is 10.4. The Morgan fingerprint density at radius 2 is 1.21 bits per heavy atom. The molecule has 0 radical (unpaired) electrons. The first-order valence-electron chi connectivity index (χ1n) is 8.77. The van der Waals surface area contributed by atoms with Gasteiger partial charge in [0.05, 0.1) is 23.7 Å². The lowest BCUT2D eigenvalue weighted by molar-refractivity contribution is 0.368. The van der Waals surface area contributed by atoms with Gasteiger partial charge in [0.2, 0.25) is 0 Å². The maximum Gasteiger partial charge on any atom is 0.673 e. The molecule has 0 N–H and O–H groups in total. The fraction of sp³-hybridized carbons (Fsp3) is 0.647. The van der Waals surface area contributed by atoms with Crippen LogP contribution in [0.2, 0.25) is 0 Å². The number of hydrogen-bond acceptors (Lipinski definition) is 1. The smallest absolute Gasteiger partial charge is 0.497 e. The molecular weight excluding hydrogens is 338 g/mol. The van der Waals surface area contributed by atoms with E-state index in [1.165, 1.54) is 51.4 Å². The molecule has 0 heterocycles. The molecule has 136 valence electrons. The molecule has 0 atom stereocenters. The van der Waals surface area contributed by atoms with Gasteiger partial charge in [0, 0.05) is 7.92 Å². The number of hydrogen-bond donors (Lipinski definition) is 0. The third-order valence-electron chi connectivity index (χ3n) is 5.01. The van der Waals surface area contributed by atoms with Crippen LogP contribution in [0.1, 0.15) is 51.4 Å². The van der Waals surface area contributed by atoms with E-state index in [0.29, 0.717) is 0 Å². The molecule has 0 aliphatic heterocycles. The monoisotopic (exact) mass is 364 g/mol. The van der Waals surface area contributed by atoms with Crippen LogP contribution in [0.4, 0.5) is 17.3 Å². The van der Waals surface area contributed by atoms with Crippen molar-refractivity contribution in [3.63, 3.8) is 0 Å². The summed E-state index contributed by atoms with van der Waals surface area (Å²) >= 11 is 0. The molecule has 0 spiro atoms. The van der Waals surface area contributed by atoms with Crippen LogP contribution in [-0.2, 0) is 0 Å². The molecule has 2 saturated carbocycles. The molecule has 2 aliphatic carbocycles. The van der Waals surface area contributed by atoms with E-state index in [4.69, 9.17) is 4.74 Å². The minimum absolute atomic E-state index is 0.358. The second-order valence-corrected chi connectivity index (χ2v) is 9.76. The van der Waals surface area contributed by atoms with E-state index in [1.807, 2.05) is 0 Å². The number of rotatable bonds is 4. The fourth-order valence-electron chi connectivity index (χ4n) is 4.06. The lowest BCUT2D eigenvalue weighted by Gasteiger charge is -2.22. The molecule has 2 fully saturated rings. The lowest BCUT2D eigenvalue weighted by atomic mass is 10.3. The summed E-state index contributed by atoms with van der Waals surface area (Å²) in [7, 11) is -4.60. The van der Waals surface area contributed by atoms with Crippen LogP contribution < -0.4 is 10.0 Å². The maximum absolute atomic E-state index is 9.75. The highest BCUT2D eigenvalue weighted by Gasteiger charge is 2.40. The zero-order valence-corrected chi connectivity index (χ0v) is 15.1. The van der Waals surface area contributed by atoms with E-state index in [1.54, 1.807) is 12.4 Å². The Balaban J connectivity index is 0.000000368. The highest BCUT2D eigenvalue weighted by molar-refractivity contribution is 7.67. The van der Waals surface area contributed by atoms with Crippen LogP contribution >= 0.6 is 7.92 Å². The molecule has 1 aromatic carbocycles. The van der Waals surface area contributed by atoms with Crippen molar-refractivity contribution in [1.82, 2.24) is 0 Å². The average molecular weight is 364 g/mol. The highest BCUT2D eigenvalue weighted by Crippen LogP contribution is 2.56. The van der Waals surface area contributed by atoms with Crippen molar-refractivity contribution >= 4 is 20.5 Å². The Morgan fingerprint density at radius 3 is 1.54 bits per heavy atom. The topological polar surface area (TPSA) is 9.23 Å². The summed E-state index contributed by atoms with van der Waals surface area (Å²) in [6.07, 6.45) is 11.9. The zero-order valence-electron chi connectivity index (χ0n) is 14.1. The average Bonchev–Trinajstić information content (AvgIpc) is 3.20. The van der Waals surface area contributed by atoms with Crippen molar-refractivity contribution in [2.75, 3.05) is 7.11 Å². The quantitative estimate of drug-likeness (QED) is 0.377. The van der Waals surface area contributed by atoms with Gasteiger partial charge < -0.3 is 22.0 Å². The predicted molar refractivity (Wildman–Crippen MR) is 95.6 cm³/mol. The Hall–Kier alpha value is -0.765. The third-order valence-corrected chi connectivity index (χ3v) is 8.93. The maximum atomic E-state index is 9.75. The van der Waals surface area contributed by atoms with Crippen LogP contribution in [0, 0.1) is 0 Å². The Kier molecular flexibility index (Phi) is 7.40. The number of halogens is 4. The molecule has 0 aromatic heterocycles. The molecular formula is C17H26BF4OP. The lowest BCUT2D eigenvalue weighted by Crippen LogP contribution is -2.19. The van der Waals surface area contributed by atoms with Gasteiger partial charge in [-0.2, -0.15) is 0 Å². The number of benzene rings is 1. The first kappa shape index (κ1) is 19.6. The Bertz CT molecular complexity index is 460. The van der Waals surface area contributed by atoms with Crippen molar-refractivity contribution in [3.8, 4) is 5.75 Å². The van der Waals surface area contributed by atoms with Gasteiger partial charge >= 0.3 is 7.25 Å². The molecule has 0 amide bonds. The summed E-state index contributed by atoms with van der Waals surface area (Å²) in [6.45, 7) is 0. The van der Waals surface area contributed by atoms with E-state index >= 15 is 0 Å². The predicted octanol–water partition coefficient (Wildman–Crippen LogP) is 5.72. The van der Waals surface area contributed by atoms with Crippen molar-refractivity contribution in [1.29, 1.82) is 0 Å². The standard InChI is InChI=1S/C17H25OP.BF4/c1-18-14-10-12-17(13-11-14)19(15-6-2-3-7-15)16-8-4-5-9-16;2-1(3,4)5/h10-13,15-16H,2-9H2,1H3;/q;-1/p+1. The van der Waals surface area contributed by atoms with Gasteiger partial charge in [-0.1, -0.05) is 0 Å². The summed E-state index contributed by atoms with van der Waals surface area (Å²) in [5.41, 5.74) is 2.09. The van der Waals surface area contributed by atoms with E-state index in [0.717, 1.165) is 17.1 Å². The van der Waals surface area contributed by atoms with Gasteiger partial charge in [0.1, 0.15) is 5.75 Å². The molecule has 24 heavy (non-hydrogen) atoms. The van der Waals surface area contributed by atoms with Crippen molar-refractivity contribution in [2.24, 2.45) is 0 Å². The van der Waals surface area contributed by atoms with E-state index in [2.05, 4.69) is 24.3 Å². The second kappa shape index (κ2) is 9.08. The van der Waals surface area contributed by atoms with Crippen LogP contribution in [0.25, 0.3) is 0 Å². The van der Waals surface area contributed by atoms with Gasteiger partial charge in [0.25, 0.3) is 0 Å². The summed E-state index contributed by atoms with van der Waals surface area (Å²) in [5, 5.41) is 1.67. The van der Waals surface area contributed by atoms with Crippen LogP contribution in [0.15, 0.2) is 24.3 Å². The summed E-state index contributed by atoms with van der Waals surface area (Å²) in [4.78, 5) is 0. The summed E-state index contributed by atoms with van der Waals surface area (Å²) < 4.78 is 44.3. The van der Waals surface area contributed by atoms with Crippen molar-refractivity contribution in [3.05, 3.63) is 24.3 Å². The molecule has 1 nitrogen and oxygen atoms in total. The summed E-state index contributed by atoms with van der Waals surface area (Å²) in [6, 6.07) is 9.07. The highest BCUT2D eigenvalue weighted by atomic mass is 31.1. The molecule has 0 saturated heterocycles. The minimum Gasteiger partial charge on any atom is -0.497 e. The van der Waals surface area contributed by atoms with Crippen LogP contribution in [0.5, 0.6) is 5.75 Å². The summed E-state index contributed by atoms with van der Waals surface area (Å²) in [5.74, 6) is 1.00. The minimum atomic E-state index is -6.00. The Morgan fingerprint density at radius 1 is 0.833 bits per heavy atom. The molecule has 0 bridgehead atoms. The molecule has 0 unspecified atom stereocenters. The van der Waals surface area contributed by atoms with Gasteiger partial charge in [-0.15, -0.1) is 0 Å². The third kappa shape index (κ3) is 6.27. The molecule has 1 aromatic rings. The van der Waals surface area contributed by atoms with Crippen molar-refractivity contribution < 1.29 is 22.0 Å². The van der Waals surface area contributed by atoms with E-state index in [-0.39, 0.29) is 7.92 Å². The zero-order chi connectivity index (χ0) is 17.6. The molecule has 2 aliphatic rings. The van der Waals surface area contributed by atoms with E-state index in [9.17, 15) is 17.3 Å². The molecule has 3 rings (SSSR count). The van der Waals surface area contributed by atoms with Crippen LogP contribution in [0.3, 0.4) is 0 Å². The number of ether oxygens (including phenoxy) is 1. The van der Waals surface area contributed by atoms with Gasteiger partial charge in [-0.05, 0) is 75.6 Å². The molecule has 7 heteroatoms. The largest absolute Gasteiger partial charge is 0.673 e. The Labute approximate surface area is 143 Å². The van der Waals surface area contributed by atoms with Crippen LogP contribution in [-0.4, -0.2) is 25.7 Å². The van der Waals surface area contributed by atoms with Crippen molar-refractivity contribution in [2.45, 2.75) is 62.7 Å². The second-order valence-electron chi connectivity index (χ2n) is 6.64. The van der Waals surface area contributed by atoms with E-state index < -0.39 is 7.25 Å².